The summed E-state index contributed by atoms with van der Waals surface area (Å²) in [6, 6.07) is 8.17. The van der Waals surface area contributed by atoms with Gasteiger partial charge in [-0.05, 0) is 11.6 Å². The van der Waals surface area contributed by atoms with Gasteiger partial charge in [0.2, 0.25) is 0 Å². The highest BCUT2D eigenvalue weighted by Crippen LogP contribution is 2.22. The molecule has 0 saturated carbocycles. The van der Waals surface area contributed by atoms with Crippen LogP contribution in [0.4, 0.5) is 0 Å². The van der Waals surface area contributed by atoms with Crippen LogP contribution in [0.1, 0.15) is 16.8 Å². The first kappa shape index (κ1) is 16.1. The van der Waals surface area contributed by atoms with E-state index in [1.165, 1.54) is 11.9 Å². The van der Waals surface area contributed by atoms with Gasteiger partial charge in [0.15, 0.2) is 0 Å². The number of nitrogens with one attached hydrogen (secondary N) is 1. The second-order valence-corrected chi connectivity index (χ2v) is 6.87. The number of aromatic amines is 1. The number of H-pyrrole nitrogens is 1. The van der Waals surface area contributed by atoms with Gasteiger partial charge in [-0.1, -0.05) is 34.1 Å². The molecule has 3 heterocycles. The van der Waals surface area contributed by atoms with E-state index in [9.17, 15) is 4.79 Å². The highest BCUT2D eigenvalue weighted by Gasteiger charge is 2.22. The molecule has 0 saturated heterocycles. The lowest BCUT2D eigenvalue weighted by Crippen LogP contribution is -2.35. The molecule has 0 bridgehead atoms. The molecule has 0 radical (unpaired) electrons. The molecule has 1 N–H and O–H groups in total. The number of benzene rings is 1. The summed E-state index contributed by atoms with van der Waals surface area (Å²) in [5.41, 5.74) is 3.47. The summed E-state index contributed by atoms with van der Waals surface area (Å²) >= 11 is 3.59. The molecule has 0 aliphatic carbocycles. The van der Waals surface area contributed by atoms with Crippen LogP contribution < -0.4 is 5.56 Å². The molecule has 4 rings (SSSR count). The summed E-state index contributed by atoms with van der Waals surface area (Å²) in [4.78, 5) is 30.3. The number of halogens is 1. The van der Waals surface area contributed by atoms with E-state index in [4.69, 9.17) is 0 Å². The lowest BCUT2D eigenvalue weighted by molar-refractivity contribution is 0.241. The Bertz CT molecular complexity index is 957. The number of hydrogen-bond acceptors (Lipinski definition) is 5. The van der Waals surface area contributed by atoms with Crippen molar-refractivity contribution in [2.24, 2.45) is 0 Å². The Morgan fingerprint density at radius 3 is 2.80 bits per heavy atom. The highest BCUT2D eigenvalue weighted by molar-refractivity contribution is 9.10. The number of rotatable bonds is 3. The SMILES string of the molecule is O=c1[nH]c(-c2cncnc2)nc2c1CN(Cc1ccccc1Br)CC2. The summed E-state index contributed by atoms with van der Waals surface area (Å²) in [6.45, 7) is 2.27. The zero-order chi connectivity index (χ0) is 17.2. The average molecular weight is 398 g/mol. The largest absolute Gasteiger partial charge is 0.306 e. The molecule has 3 aromatic rings. The van der Waals surface area contributed by atoms with Crippen molar-refractivity contribution in [1.82, 2.24) is 24.8 Å². The van der Waals surface area contributed by atoms with Crippen LogP contribution in [0.15, 0.2) is 52.3 Å². The number of nitrogens with zero attached hydrogens (tertiary/aromatic N) is 4. The lowest BCUT2D eigenvalue weighted by Gasteiger charge is -2.28. The van der Waals surface area contributed by atoms with Gasteiger partial charge in [0.1, 0.15) is 12.2 Å². The van der Waals surface area contributed by atoms with Crippen molar-refractivity contribution in [2.45, 2.75) is 19.5 Å². The minimum absolute atomic E-state index is 0.0827. The maximum atomic E-state index is 12.6. The minimum atomic E-state index is -0.0827. The molecule has 0 amide bonds. The molecule has 0 spiro atoms. The van der Waals surface area contributed by atoms with E-state index in [-0.39, 0.29) is 5.56 Å². The Labute approximate surface area is 153 Å². The molecule has 2 aromatic heterocycles. The molecule has 0 unspecified atom stereocenters. The number of aromatic nitrogens is 4. The van der Waals surface area contributed by atoms with Crippen molar-refractivity contribution in [3.05, 3.63) is 74.6 Å². The Morgan fingerprint density at radius 1 is 1.20 bits per heavy atom. The summed E-state index contributed by atoms with van der Waals surface area (Å²) in [7, 11) is 0. The maximum absolute atomic E-state index is 12.6. The Kier molecular flexibility index (Phi) is 4.42. The molecule has 0 atom stereocenters. The smallest absolute Gasteiger partial charge is 0.255 e. The predicted octanol–water partition coefficient (Wildman–Crippen LogP) is 2.55. The van der Waals surface area contributed by atoms with Crippen LogP contribution in [0.2, 0.25) is 0 Å². The van der Waals surface area contributed by atoms with Gasteiger partial charge in [-0.25, -0.2) is 15.0 Å². The molecule has 1 aliphatic rings. The normalized spacial score (nSPS) is 14.3. The van der Waals surface area contributed by atoms with Crippen LogP contribution >= 0.6 is 15.9 Å². The lowest BCUT2D eigenvalue weighted by atomic mass is 10.1. The minimum Gasteiger partial charge on any atom is -0.306 e. The van der Waals surface area contributed by atoms with Crippen LogP contribution in [0.25, 0.3) is 11.4 Å². The van der Waals surface area contributed by atoms with Crippen LogP contribution in [0.5, 0.6) is 0 Å². The van der Waals surface area contributed by atoms with E-state index in [0.717, 1.165) is 40.8 Å². The van der Waals surface area contributed by atoms with E-state index >= 15 is 0 Å². The molecule has 1 aromatic carbocycles. The molecular weight excluding hydrogens is 382 g/mol. The third kappa shape index (κ3) is 3.38. The van der Waals surface area contributed by atoms with Gasteiger partial charge in [-0.3, -0.25) is 9.69 Å². The van der Waals surface area contributed by atoms with Crippen LogP contribution in [0, 0.1) is 0 Å². The third-order valence-electron chi connectivity index (χ3n) is 4.33. The van der Waals surface area contributed by atoms with E-state index in [2.05, 4.69) is 46.8 Å². The number of fused-ring (bicyclic) bond motifs is 1. The predicted molar refractivity (Wildman–Crippen MR) is 97.8 cm³/mol. The monoisotopic (exact) mass is 397 g/mol. The van der Waals surface area contributed by atoms with Gasteiger partial charge >= 0.3 is 0 Å². The molecular formula is C18H16BrN5O. The van der Waals surface area contributed by atoms with Crippen LogP contribution in [-0.4, -0.2) is 31.4 Å². The van der Waals surface area contributed by atoms with Gasteiger partial charge < -0.3 is 4.98 Å². The Balaban J connectivity index is 1.60. The molecule has 25 heavy (non-hydrogen) atoms. The van der Waals surface area contributed by atoms with Crippen molar-refractivity contribution in [3.63, 3.8) is 0 Å². The first-order valence-corrected chi connectivity index (χ1v) is 8.83. The summed E-state index contributed by atoms with van der Waals surface area (Å²) in [5, 5.41) is 0. The van der Waals surface area contributed by atoms with Crippen molar-refractivity contribution < 1.29 is 0 Å². The van der Waals surface area contributed by atoms with Crippen molar-refractivity contribution in [3.8, 4) is 11.4 Å². The quantitative estimate of drug-likeness (QED) is 0.734. The summed E-state index contributed by atoms with van der Waals surface area (Å²) < 4.78 is 1.09. The maximum Gasteiger partial charge on any atom is 0.255 e. The molecule has 7 heteroatoms. The van der Waals surface area contributed by atoms with Crippen molar-refractivity contribution >= 4 is 15.9 Å². The molecule has 0 fully saturated rings. The second kappa shape index (κ2) is 6.85. The van der Waals surface area contributed by atoms with Gasteiger partial charge in [-0.2, -0.15) is 0 Å². The number of hydrogen-bond donors (Lipinski definition) is 1. The summed E-state index contributed by atoms with van der Waals surface area (Å²) in [5.74, 6) is 0.531. The molecule has 126 valence electrons. The van der Waals surface area contributed by atoms with E-state index in [1.807, 2.05) is 18.2 Å². The fraction of sp³-hybridized carbons (Fsp3) is 0.222. The zero-order valence-corrected chi connectivity index (χ0v) is 15.0. The second-order valence-electron chi connectivity index (χ2n) is 6.02. The van der Waals surface area contributed by atoms with Crippen molar-refractivity contribution in [2.75, 3.05) is 6.54 Å². The molecule has 1 aliphatic heterocycles. The van der Waals surface area contributed by atoms with Gasteiger partial charge in [0, 0.05) is 42.9 Å². The first-order valence-electron chi connectivity index (χ1n) is 8.04. The topological polar surface area (TPSA) is 74.8 Å². The van der Waals surface area contributed by atoms with Gasteiger partial charge in [0.05, 0.1) is 16.8 Å². The van der Waals surface area contributed by atoms with E-state index in [1.54, 1.807) is 12.4 Å². The van der Waals surface area contributed by atoms with Crippen LogP contribution in [0.3, 0.4) is 0 Å². The Hall–Kier alpha value is -2.38. The average Bonchev–Trinajstić information content (AvgIpc) is 2.65. The highest BCUT2D eigenvalue weighted by atomic mass is 79.9. The summed E-state index contributed by atoms with van der Waals surface area (Å²) in [6.07, 6.45) is 5.52. The first-order chi connectivity index (χ1) is 12.2. The van der Waals surface area contributed by atoms with E-state index in [0.29, 0.717) is 12.4 Å². The van der Waals surface area contributed by atoms with E-state index < -0.39 is 0 Å². The molecule has 6 nitrogen and oxygen atoms in total. The fourth-order valence-electron chi connectivity index (χ4n) is 3.04. The Morgan fingerprint density at radius 2 is 2.00 bits per heavy atom. The van der Waals surface area contributed by atoms with Gasteiger partial charge in [0.25, 0.3) is 5.56 Å². The van der Waals surface area contributed by atoms with Crippen molar-refractivity contribution in [1.29, 1.82) is 0 Å². The fourth-order valence-corrected chi connectivity index (χ4v) is 3.45. The zero-order valence-electron chi connectivity index (χ0n) is 13.4. The van der Waals surface area contributed by atoms with Crippen LogP contribution in [-0.2, 0) is 19.5 Å². The van der Waals surface area contributed by atoms with Gasteiger partial charge in [-0.15, -0.1) is 0 Å². The standard InChI is InChI=1S/C18H16BrN5O/c19-15-4-2-1-3-12(15)9-24-6-5-16-14(10-24)18(25)23-17(22-16)13-7-20-11-21-8-13/h1-4,7-8,11H,5-6,9-10H2,(H,22,23,25). The third-order valence-corrected chi connectivity index (χ3v) is 5.11.